The molecule has 0 aliphatic carbocycles. The molecule has 1 aliphatic heterocycles. The van der Waals surface area contributed by atoms with Crippen molar-refractivity contribution >= 4 is 24.0 Å². The van der Waals surface area contributed by atoms with Gasteiger partial charge in [-0.1, -0.05) is 54.6 Å². The monoisotopic (exact) mass is 328 g/mol. The molecule has 0 unspecified atom stereocenters. The Labute approximate surface area is 143 Å². The number of rotatable bonds is 4. The van der Waals surface area contributed by atoms with Crippen molar-refractivity contribution in [2.75, 3.05) is 13.1 Å². The summed E-state index contributed by atoms with van der Waals surface area (Å²) in [5.74, 6) is 0.990. The molecule has 0 amide bonds. The Morgan fingerprint density at radius 1 is 1.04 bits per heavy atom. The zero-order chi connectivity index (χ0) is 15.5. The number of aliphatic imine (C=N–C) groups is 1. The summed E-state index contributed by atoms with van der Waals surface area (Å²) in [6.07, 6.45) is 0. The van der Waals surface area contributed by atoms with Crippen molar-refractivity contribution in [3.8, 4) is 0 Å². The lowest BCUT2D eigenvalue weighted by Gasteiger charge is -2.25. The Hall–Kier alpha value is -2.13. The van der Waals surface area contributed by atoms with Gasteiger partial charge in [0.1, 0.15) is 5.84 Å². The first-order valence-electron chi connectivity index (χ1n) is 7.68. The lowest BCUT2D eigenvalue weighted by Crippen LogP contribution is -2.35. The van der Waals surface area contributed by atoms with Crippen LogP contribution < -0.4 is 0 Å². The molecule has 0 N–H and O–H groups in total. The fraction of sp³-hybridized carbons (Fsp3) is 0.263. The smallest absolute Gasteiger partial charge is 0.193 e. The Morgan fingerprint density at radius 2 is 1.70 bits per heavy atom. The van der Waals surface area contributed by atoms with Gasteiger partial charge in [0.2, 0.25) is 0 Å². The van der Waals surface area contributed by atoms with E-state index in [2.05, 4.69) is 23.7 Å². The van der Waals surface area contributed by atoms with Crippen molar-refractivity contribution in [1.82, 2.24) is 4.90 Å². The van der Waals surface area contributed by atoms with E-state index in [1.54, 1.807) is 0 Å². The standard InChI is InChI=1S/C19H20N2O.ClH/c1-14(2)21-13-12-20-19(21)17-11-7-6-10-16(17)18(22)15-8-4-3-5-9-15;/h3-11,14H,12-13H2,1-2H3;1H. The summed E-state index contributed by atoms with van der Waals surface area (Å²) in [6, 6.07) is 17.6. The SMILES string of the molecule is CC(C)N1CCN=C1c1ccccc1C(=O)c1ccccc1.Cl. The molecule has 0 spiro atoms. The molecule has 0 bridgehead atoms. The highest BCUT2D eigenvalue weighted by Crippen LogP contribution is 2.20. The highest BCUT2D eigenvalue weighted by Gasteiger charge is 2.25. The fourth-order valence-corrected chi connectivity index (χ4v) is 2.82. The van der Waals surface area contributed by atoms with Gasteiger partial charge in [0.25, 0.3) is 0 Å². The van der Waals surface area contributed by atoms with Crippen LogP contribution in [0.2, 0.25) is 0 Å². The van der Waals surface area contributed by atoms with Gasteiger partial charge >= 0.3 is 0 Å². The van der Waals surface area contributed by atoms with Crippen LogP contribution >= 0.6 is 12.4 Å². The topological polar surface area (TPSA) is 32.7 Å². The highest BCUT2D eigenvalue weighted by molar-refractivity contribution is 6.16. The molecule has 1 aliphatic rings. The van der Waals surface area contributed by atoms with E-state index in [1.807, 2.05) is 54.6 Å². The number of ketones is 1. The summed E-state index contributed by atoms with van der Waals surface area (Å²) in [4.78, 5) is 19.7. The molecule has 120 valence electrons. The molecular weight excluding hydrogens is 308 g/mol. The minimum absolute atomic E-state index is 0. The molecule has 0 saturated carbocycles. The number of hydrogen-bond donors (Lipinski definition) is 0. The Kier molecular flexibility index (Phi) is 5.56. The van der Waals surface area contributed by atoms with Crippen molar-refractivity contribution in [2.45, 2.75) is 19.9 Å². The second-order valence-electron chi connectivity index (χ2n) is 5.73. The molecular formula is C19H21ClN2O. The molecule has 0 fully saturated rings. The first-order valence-corrected chi connectivity index (χ1v) is 7.68. The molecule has 4 heteroatoms. The van der Waals surface area contributed by atoms with E-state index in [9.17, 15) is 4.79 Å². The maximum Gasteiger partial charge on any atom is 0.193 e. The number of nitrogens with zero attached hydrogens (tertiary/aromatic N) is 2. The number of carbonyl (C=O) groups is 1. The largest absolute Gasteiger partial charge is 0.352 e. The molecule has 2 aromatic rings. The zero-order valence-electron chi connectivity index (χ0n) is 13.4. The highest BCUT2D eigenvalue weighted by atomic mass is 35.5. The van der Waals surface area contributed by atoms with Crippen molar-refractivity contribution in [3.63, 3.8) is 0 Å². The van der Waals surface area contributed by atoms with Gasteiger partial charge in [-0.3, -0.25) is 9.79 Å². The summed E-state index contributed by atoms with van der Waals surface area (Å²) in [7, 11) is 0. The van der Waals surface area contributed by atoms with E-state index < -0.39 is 0 Å². The Balaban J connectivity index is 0.00000192. The van der Waals surface area contributed by atoms with Crippen LogP contribution in [0.1, 0.15) is 35.3 Å². The van der Waals surface area contributed by atoms with Gasteiger partial charge in [-0.2, -0.15) is 0 Å². The molecule has 23 heavy (non-hydrogen) atoms. The van der Waals surface area contributed by atoms with Crippen LogP contribution in [0.3, 0.4) is 0 Å². The van der Waals surface area contributed by atoms with Gasteiger partial charge < -0.3 is 4.90 Å². The minimum atomic E-state index is 0. The molecule has 2 aromatic carbocycles. The predicted octanol–water partition coefficient (Wildman–Crippen LogP) is 3.81. The average Bonchev–Trinajstić information content (AvgIpc) is 3.05. The van der Waals surface area contributed by atoms with Crippen LogP contribution in [0.15, 0.2) is 59.6 Å². The number of benzene rings is 2. The van der Waals surface area contributed by atoms with Crippen LogP contribution in [0.5, 0.6) is 0 Å². The number of amidine groups is 1. The maximum absolute atomic E-state index is 12.8. The summed E-state index contributed by atoms with van der Waals surface area (Å²) in [5.41, 5.74) is 2.37. The molecule has 0 aromatic heterocycles. The van der Waals surface area contributed by atoms with E-state index >= 15 is 0 Å². The molecule has 0 radical (unpaired) electrons. The normalized spacial score (nSPS) is 13.7. The van der Waals surface area contributed by atoms with Crippen LogP contribution in [0, 0.1) is 0 Å². The summed E-state index contributed by atoms with van der Waals surface area (Å²) in [5, 5.41) is 0. The second-order valence-corrected chi connectivity index (χ2v) is 5.73. The Morgan fingerprint density at radius 3 is 2.39 bits per heavy atom. The van der Waals surface area contributed by atoms with E-state index in [1.165, 1.54) is 0 Å². The van der Waals surface area contributed by atoms with E-state index in [0.717, 1.165) is 30.1 Å². The molecule has 3 rings (SSSR count). The predicted molar refractivity (Wildman–Crippen MR) is 96.8 cm³/mol. The number of carbonyl (C=O) groups excluding carboxylic acids is 1. The summed E-state index contributed by atoms with van der Waals surface area (Å²) < 4.78 is 0. The third kappa shape index (κ3) is 3.45. The lowest BCUT2D eigenvalue weighted by molar-refractivity contribution is 0.103. The van der Waals surface area contributed by atoms with Gasteiger partial charge in [0, 0.05) is 29.3 Å². The summed E-state index contributed by atoms with van der Waals surface area (Å²) >= 11 is 0. The quantitative estimate of drug-likeness (QED) is 0.799. The van der Waals surface area contributed by atoms with E-state index in [4.69, 9.17) is 0 Å². The van der Waals surface area contributed by atoms with E-state index in [0.29, 0.717) is 11.6 Å². The van der Waals surface area contributed by atoms with Crippen LogP contribution in [0.4, 0.5) is 0 Å². The van der Waals surface area contributed by atoms with Crippen LogP contribution in [-0.2, 0) is 0 Å². The van der Waals surface area contributed by atoms with Crippen LogP contribution in [-0.4, -0.2) is 35.7 Å². The second kappa shape index (κ2) is 7.42. The lowest BCUT2D eigenvalue weighted by atomic mass is 9.97. The van der Waals surface area contributed by atoms with Gasteiger partial charge in [-0.25, -0.2) is 0 Å². The molecule has 0 atom stereocenters. The third-order valence-electron chi connectivity index (χ3n) is 3.95. The van der Waals surface area contributed by atoms with Gasteiger partial charge in [-0.15, -0.1) is 12.4 Å². The van der Waals surface area contributed by atoms with Crippen LogP contribution in [0.25, 0.3) is 0 Å². The average molecular weight is 329 g/mol. The third-order valence-corrected chi connectivity index (χ3v) is 3.95. The molecule has 0 saturated heterocycles. The molecule has 3 nitrogen and oxygen atoms in total. The fourth-order valence-electron chi connectivity index (χ4n) is 2.82. The van der Waals surface area contributed by atoms with Gasteiger partial charge in [0.05, 0.1) is 6.54 Å². The summed E-state index contributed by atoms with van der Waals surface area (Å²) in [6.45, 7) is 6.02. The first kappa shape index (κ1) is 17.2. The first-order chi connectivity index (χ1) is 10.7. The van der Waals surface area contributed by atoms with Crippen molar-refractivity contribution < 1.29 is 4.79 Å². The Bertz CT molecular complexity index is 710. The maximum atomic E-state index is 12.8. The minimum Gasteiger partial charge on any atom is -0.352 e. The zero-order valence-corrected chi connectivity index (χ0v) is 14.2. The van der Waals surface area contributed by atoms with Gasteiger partial charge in [0.15, 0.2) is 5.78 Å². The van der Waals surface area contributed by atoms with Crippen molar-refractivity contribution in [2.24, 2.45) is 4.99 Å². The van der Waals surface area contributed by atoms with E-state index in [-0.39, 0.29) is 18.2 Å². The van der Waals surface area contributed by atoms with Crippen molar-refractivity contribution in [1.29, 1.82) is 0 Å². The number of halogens is 1. The van der Waals surface area contributed by atoms with Gasteiger partial charge in [-0.05, 0) is 13.8 Å². The van der Waals surface area contributed by atoms with Crippen molar-refractivity contribution in [3.05, 3.63) is 71.3 Å². The number of hydrogen-bond acceptors (Lipinski definition) is 3. The molecule has 1 heterocycles.